The highest BCUT2D eigenvalue weighted by molar-refractivity contribution is 7.99. The van der Waals surface area contributed by atoms with E-state index in [2.05, 4.69) is 27.4 Å². The van der Waals surface area contributed by atoms with Crippen LogP contribution in [0.3, 0.4) is 0 Å². The lowest BCUT2D eigenvalue weighted by molar-refractivity contribution is -0.384. The van der Waals surface area contributed by atoms with E-state index < -0.39 is 11.0 Å². The first-order valence-electron chi connectivity index (χ1n) is 10.9. The average Bonchev–Trinajstić information content (AvgIpc) is 3.26. The number of aromatic nitrogens is 3. The molecular formula is C24H26N6O5S. The first kappa shape index (κ1) is 26.4. The number of thioether (sulfide) groups is 1. The molecule has 36 heavy (non-hydrogen) atoms. The zero-order chi connectivity index (χ0) is 26.2. The molecule has 0 fully saturated rings. The quantitative estimate of drug-likeness (QED) is 0.171. The molecule has 1 heterocycles. The van der Waals surface area contributed by atoms with Gasteiger partial charge < -0.3 is 19.9 Å². The summed E-state index contributed by atoms with van der Waals surface area (Å²) in [6, 6.07) is 10.5. The standard InChI is InChI=1S/C24H26N6O5S/c1-5-12-29-22(16(3)25-23(32)17-6-9-19(35-4)10-7-17)27-28-24(29)36-14-21(31)26-20-11-8-18(30(33)34)13-15(20)2/h5-11,13,16H,1,12,14H2,2-4H3,(H,25,32)(H,26,31)/t16-/m1/s1. The minimum absolute atomic E-state index is 0.0400. The second kappa shape index (κ2) is 12.0. The number of rotatable bonds is 11. The number of nitro groups is 1. The van der Waals surface area contributed by atoms with Crippen molar-refractivity contribution in [3.8, 4) is 5.75 Å². The Balaban J connectivity index is 1.65. The highest BCUT2D eigenvalue weighted by Gasteiger charge is 2.21. The molecule has 2 amide bonds. The molecule has 2 N–H and O–H groups in total. The smallest absolute Gasteiger partial charge is 0.269 e. The maximum absolute atomic E-state index is 12.7. The molecule has 1 atom stereocenters. The molecular weight excluding hydrogens is 484 g/mol. The van der Waals surface area contributed by atoms with Gasteiger partial charge in [0.25, 0.3) is 11.6 Å². The number of amides is 2. The van der Waals surface area contributed by atoms with E-state index in [1.165, 1.54) is 30.0 Å². The van der Waals surface area contributed by atoms with Crippen molar-refractivity contribution in [2.24, 2.45) is 0 Å². The molecule has 0 spiro atoms. The summed E-state index contributed by atoms with van der Waals surface area (Å²) in [6.45, 7) is 7.64. The van der Waals surface area contributed by atoms with Crippen LogP contribution in [0.25, 0.3) is 0 Å². The number of ether oxygens (including phenoxy) is 1. The number of methoxy groups -OCH3 is 1. The van der Waals surface area contributed by atoms with Gasteiger partial charge in [0.2, 0.25) is 5.91 Å². The Morgan fingerprint density at radius 1 is 1.25 bits per heavy atom. The van der Waals surface area contributed by atoms with Crippen LogP contribution in [0.1, 0.15) is 34.7 Å². The van der Waals surface area contributed by atoms with Gasteiger partial charge in [-0.15, -0.1) is 16.8 Å². The van der Waals surface area contributed by atoms with E-state index in [0.29, 0.717) is 40.1 Å². The SMILES string of the molecule is C=CCn1c(SCC(=O)Nc2ccc([N+](=O)[O-])cc2C)nnc1[C@@H](C)NC(=O)c1ccc(OC)cc1. The van der Waals surface area contributed by atoms with E-state index in [0.717, 1.165) is 0 Å². The van der Waals surface area contributed by atoms with E-state index in [-0.39, 0.29) is 23.3 Å². The van der Waals surface area contributed by atoms with Gasteiger partial charge >= 0.3 is 0 Å². The van der Waals surface area contributed by atoms with Crippen molar-refractivity contribution in [3.05, 3.63) is 82.2 Å². The summed E-state index contributed by atoms with van der Waals surface area (Å²) in [4.78, 5) is 35.6. The number of nitro benzene ring substituents is 1. The maximum atomic E-state index is 12.7. The number of nitrogens with zero attached hydrogens (tertiary/aromatic N) is 4. The topological polar surface area (TPSA) is 141 Å². The number of carbonyl (C=O) groups is 2. The highest BCUT2D eigenvalue weighted by Crippen LogP contribution is 2.24. The zero-order valence-corrected chi connectivity index (χ0v) is 20.9. The minimum Gasteiger partial charge on any atom is -0.497 e. The lowest BCUT2D eigenvalue weighted by Crippen LogP contribution is -2.28. The summed E-state index contributed by atoms with van der Waals surface area (Å²) in [7, 11) is 1.56. The summed E-state index contributed by atoms with van der Waals surface area (Å²) in [5.41, 5.74) is 1.51. The van der Waals surface area contributed by atoms with Crippen LogP contribution in [-0.2, 0) is 11.3 Å². The molecule has 12 heteroatoms. The molecule has 0 bridgehead atoms. The molecule has 3 aromatic rings. The number of aryl methyl sites for hydroxylation is 1. The fraction of sp³-hybridized carbons (Fsp3) is 0.250. The molecule has 0 aliphatic carbocycles. The van der Waals surface area contributed by atoms with Crippen molar-refractivity contribution in [3.63, 3.8) is 0 Å². The Bertz CT molecular complexity index is 1270. The van der Waals surface area contributed by atoms with Crippen LogP contribution < -0.4 is 15.4 Å². The average molecular weight is 511 g/mol. The third kappa shape index (κ3) is 6.48. The van der Waals surface area contributed by atoms with Crippen LogP contribution in [0, 0.1) is 17.0 Å². The molecule has 0 saturated heterocycles. The van der Waals surface area contributed by atoms with Gasteiger partial charge in [-0.1, -0.05) is 17.8 Å². The van der Waals surface area contributed by atoms with Crippen molar-refractivity contribution in [1.82, 2.24) is 20.1 Å². The molecule has 1 aromatic heterocycles. The van der Waals surface area contributed by atoms with Gasteiger partial charge in [0.15, 0.2) is 11.0 Å². The van der Waals surface area contributed by atoms with Crippen molar-refractivity contribution >= 4 is 35.0 Å². The Labute approximate surface area is 212 Å². The van der Waals surface area contributed by atoms with Crippen molar-refractivity contribution in [2.45, 2.75) is 31.6 Å². The Morgan fingerprint density at radius 3 is 2.58 bits per heavy atom. The number of allylic oxidation sites excluding steroid dienone is 1. The predicted octanol–water partition coefficient (Wildman–Crippen LogP) is 3.91. The first-order valence-corrected chi connectivity index (χ1v) is 11.9. The molecule has 0 unspecified atom stereocenters. The van der Waals surface area contributed by atoms with Gasteiger partial charge in [0.05, 0.1) is 23.8 Å². The highest BCUT2D eigenvalue weighted by atomic mass is 32.2. The van der Waals surface area contributed by atoms with Crippen LogP contribution in [0.15, 0.2) is 60.3 Å². The second-order valence-corrected chi connectivity index (χ2v) is 8.70. The molecule has 3 rings (SSSR count). The summed E-state index contributed by atoms with van der Waals surface area (Å²) >= 11 is 1.18. The molecule has 2 aromatic carbocycles. The van der Waals surface area contributed by atoms with Crippen LogP contribution >= 0.6 is 11.8 Å². The Hall–Kier alpha value is -4.19. The van der Waals surface area contributed by atoms with Gasteiger partial charge in [-0.2, -0.15) is 0 Å². The lowest BCUT2D eigenvalue weighted by Gasteiger charge is -2.15. The molecule has 0 radical (unpaired) electrons. The first-order chi connectivity index (χ1) is 17.2. The van der Waals surface area contributed by atoms with Crippen molar-refractivity contribution in [1.29, 1.82) is 0 Å². The van der Waals surface area contributed by atoms with E-state index in [9.17, 15) is 19.7 Å². The fourth-order valence-electron chi connectivity index (χ4n) is 3.33. The third-order valence-corrected chi connectivity index (χ3v) is 6.14. The zero-order valence-electron chi connectivity index (χ0n) is 20.1. The molecule has 188 valence electrons. The van der Waals surface area contributed by atoms with Crippen molar-refractivity contribution in [2.75, 3.05) is 18.2 Å². The number of carbonyl (C=O) groups excluding carboxylic acids is 2. The van der Waals surface area contributed by atoms with E-state index in [4.69, 9.17) is 4.74 Å². The number of non-ortho nitro benzene ring substituents is 1. The Kier molecular flexibility index (Phi) is 8.79. The molecule has 11 nitrogen and oxygen atoms in total. The van der Waals surface area contributed by atoms with Gasteiger partial charge in [-0.3, -0.25) is 19.7 Å². The van der Waals surface area contributed by atoms with Gasteiger partial charge in [-0.05, 0) is 49.7 Å². The monoisotopic (exact) mass is 510 g/mol. The summed E-state index contributed by atoms with van der Waals surface area (Å²) in [5, 5.41) is 25.5. The predicted molar refractivity (Wildman–Crippen MR) is 136 cm³/mol. The van der Waals surface area contributed by atoms with Gasteiger partial charge in [-0.25, -0.2) is 0 Å². The second-order valence-electron chi connectivity index (χ2n) is 7.76. The Morgan fingerprint density at radius 2 is 1.97 bits per heavy atom. The number of benzene rings is 2. The normalized spacial score (nSPS) is 11.4. The van der Waals surface area contributed by atoms with Crippen LogP contribution in [0.5, 0.6) is 5.75 Å². The summed E-state index contributed by atoms with van der Waals surface area (Å²) < 4.78 is 6.90. The maximum Gasteiger partial charge on any atom is 0.269 e. The number of hydrogen-bond donors (Lipinski definition) is 2. The van der Waals surface area contributed by atoms with Crippen molar-refractivity contribution < 1.29 is 19.2 Å². The lowest BCUT2D eigenvalue weighted by atomic mass is 10.2. The van der Waals surface area contributed by atoms with Gasteiger partial charge in [0, 0.05) is 29.9 Å². The number of hydrogen-bond acceptors (Lipinski definition) is 8. The number of anilines is 1. The summed E-state index contributed by atoms with van der Waals surface area (Å²) in [6.07, 6.45) is 1.68. The molecule has 0 saturated carbocycles. The van der Waals surface area contributed by atoms with Crippen LogP contribution in [0.4, 0.5) is 11.4 Å². The number of nitrogens with one attached hydrogen (secondary N) is 2. The van der Waals surface area contributed by atoms with E-state index in [1.54, 1.807) is 55.9 Å². The fourth-order valence-corrected chi connectivity index (χ4v) is 4.09. The third-order valence-electron chi connectivity index (χ3n) is 5.17. The molecule has 0 aliphatic heterocycles. The van der Waals surface area contributed by atoms with Crippen LogP contribution in [-0.4, -0.2) is 44.4 Å². The van der Waals surface area contributed by atoms with E-state index >= 15 is 0 Å². The van der Waals surface area contributed by atoms with E-state index in [1.807, 2.05) is 0 Å². The summed E-state index contributed by atoms with van der Waals surface area (Å²) in [5.74, 6) is 0.640. The molecule has 0 aliphatic rings. The minimum atomic E-state index is -0.487. The van der Waals surface area contributed by atoms with Crippen LogP contribution in [0.2, 0.25) is 0 Å². The largest absolute Gasteiger partial charge is 0.497 e. The van der Waals surface area contributed by atoms with Gasteiger partial charge in [0.1, 0.15) is 5.75 Å².